The largest absolute Gasteiger partial charge is 0.322 e. The summed E-state index contributed by atoms with van der Waals surface area (Å²) in [6.07, 6.45) is 5.05. The minimum Gasteiger partial charge on any atom is -0.322 e. The average molecular weight is 743 g/mol. The van der Waals surface area contributed by atoms with Gasteiger partial charge in [-0.25, -0.2) is 31.3 Å². The van der Waals surface area contributed by atoms with E-state index < -0.39 is 34.3 Å². The van der Waals surface area contributed by atoms with Gasteiger partial charge in [0.05, 0.1) is 15.7 Å². The first-order chi connectivity index (χ1) is 24.3. The summed E-state index contributed by atoms with van der Waals surface area (Å²) in [7, 11) is -1.22. The maximum Gasteiger partial charge on any atom is 0.255 e. The van der Waals surface area contributed by atoms with Crippen molar-refractivity contribution in [2.45, 2.75) is 76.1 Å². The number of benzene rings is 4. The molecule has 270 valence electrons. The van der Waals surface area contributed by atoms with Crippen LogP contribution in [0.4, 0.5) is 28.9 Å². The van der Waals surface area contributed by atoms with Gasteiger partial charge in [-0.2, -0.15) is 0 Å². The molecule has 3 atom stereocenters. The number of nitrogens with one attached hydrogen (secondary N) is 4. The molecule has 0 bridgehead atoms. The predicted octanol–water partition coefficient (Wildman–Crippen LogP) is 8.98. The zero-order chi connectivity index (χ0) is 36.9. The molecule has 0 aromatic heterocycles. The van der Waals surface area contributed by atoms with Crippen LogP contribution in [-0.4, -0.2) is 20.8 Å². The Morgan fingerprint density at radius 3 is 1.57 bits per heavy atom. The number of carbonyl (C=O) groups excluding carboxylic acids is 2. The zero-order valence-corrected chi connectivity index (χ0v) is 29.9. The number of hydrogen-bond donors (Lipinski definition) is 4. The lowest BCUT2D eigenvalue weighted by Crippen LogP contribution is -2.37. The third-order valence-electron chi connectivity index (χ3n) is 8.80. The lowest BCUT2D eigenvalue weighted by molar-refractivity contribution is 0.101. The molecule has 0 unspecified atom stereocenters. The van der Waals surface area contributed by atoms with Crippen molar-refractivity contribution < 1.29 is 31.4 Å². The first-order valence-corrected chi connectivity index (χ1v) is 18.1. The van der Waals surface area contributed by atoms with Gasteiger partial charge in [-0.15, -0.1) is 0 Å². The van der Waals surface area contributed by atoms with Crippen LogP contribution in [-0.2, 0) is 23.8 Å². The average Bonchev–Trinajstić information content (AvgIpc) is 3.10. The van der Waals surface area contributed by atoms with E-state index in [-0.39, 0.29) is 40.0 Å². The van der Waals surface area contributed by atoms with Gasteiger partial charge in [-0.05, 0) is 130 Å². The lowest BCUT2D eigenvalue weighted by Gasteiger charge is -2.30. The van der Waals surface area contributed by atoms with Gasteiger partial charge in [-0.1, -0.05) is 24.3 Å². The maximum absolute atomic E-state index is 13.4. The Labute approximate surface area is 302 Å². The third-order valence-corrected chi connectivity index (χ3v) is 10.7. The van der Waals surface area contributed by atoms with Gasteiger partial charge < -0.3 is 10.6 Å². The van der Waals surface area contributed by atoms with Crippen LogP contribution in [0.2, 0.25) is 0 Å². The van der Waals surface area contributed by atoms with Crippen LogP contribution in [0.15, 0.2) is 72.8 Å². The van der Waals surface area contributed by atoms with Crippen molar-refractivity contribution in [1.29, 1.82) is 0 Å². The molecule has 2 aliphatic rings. The molecule has 0 radical (unpaired) electrons. The summed E-state index contributed by atoms with van der Waals surface area (Å²) < 4.78 is 68.0. The minimum atomic E-state index is -1.22. The monoisotopic (exact) mass is 742 g/mol. The first kappa shape index (κ1) is 38.1. The molecule has 4 aromatic rings. The van der Waals surface area contributed by atoms with Crippen LogP contribution in [0, 0.1) is 23.3 Å². The summed E-state index contributed by atoms with van der Waals surface area (Å²) in [5.41, 5.74) is 5.24. The molecule has 0 fully saturated rings. The maximum atomic E-state index is 13.4. The minimum absolute atomic E-state index is 0.0106. The molecule has 0 saturated carbocycles. The molecule has 51 heavy (non-hydrogen) atoms. The number of anilines is 2. The molecule has 13 heteroatoms. The number of carbonyl (C=O) groups is 2. The van der Waals surface area contributed by atoms with E-state index in [0.29, 0.717) is 11.1 Å². The predicted molar refractivity (Wildman–Crippen MR) is 193 cm³/mol. The summed E-state index contributed by atoms with van der Waals surface area (Å²) >= 11 is 5.77. The Morgan fingerprint density at radius 2 is 1.14 bits per heavy atom. The van der Waals surface area contributed by atoms with Crippen LogP contribution in [0.3, 0.4) is 0 Å². The van der Waals surface area contributed by atoms with Crippen LogP contribution in [0.25, 0.3) is 0 Å². The van der Waals surface area contributed by atoms with E-state index in [0.717, 1.165) is 85.0 Å². The Morgan fingerprint density at radius 1 is 0.686 bits per heavy atom. The van der Waals surface area contributed by atoms with Crippen LogP contribution >= 0.6 is 11.8 Å². The summed E-state index contributed by atoms with van der Waals surface area (Å²) in [6, 6.07) is 17.4. The second-order valence-electron chi connectivity index (χ2n) is 13.4. The fourth-order valence-electron chi connectivity index (χ4n) is 6.21. The quantitative estimate of drug-likeness (QED) is 0.112. The van der Waals surface area contributed by atoms with Gasteiger partial charge in [0.15, 0.2) is 23.3 Å². The molecule has 0 heterocycles. The van der Waals surface area contributed by atoms with Crippen LogP contribution in [0.5, 0.6) is 0 Å². The van der Waals surface area contributed by atoms with E-state index in [9.17, 15) is 31.4 Å². The van der Waals surface area contributed by atoms with E-state index in [1.165, 1.54) is 12.1 Å². The Kier molecular flexibility index (Phi) is 12.3. The summed E-state index contributed by atoms with van der Waals surface area (Å²) in [4.78, 5) is 28.0. The van der Waals surface area contributed by atoms with E-state index in [1.807, 2.05) is 32.9 Å². The molecular weight excluding hydrogens is 704 g/mol. The standard InChI is InChI=1S/C21H24F2N2O2S.C17H15ClF2N2O/c1-21(2,3)28(27)25-19-9-5-6-14-15(19)7-4-8-16(14)20(26)24-13-10-11-17(22)18(23)12-13;18-22-16-6-2-3-11-12(16)4-1-5-13(11)17(23)21-10-7-8-14(19)15(20)9-10/h4,7-8,10-12,19,25H,5-6,9H2,1-3H3,(H,24,26);1,4-5,7-9,16,22H,2-3,6H2,(H,21,23)/t19-,28-;16-/m00/s1. The Balaban J connectivity index is 0.000000201. The highest BCUT2D eigenvalue weighted by molar-refractivity contribution is 7.84. The first-order valence-electron chi connectivity index (χ1n) is 16.6. The van der Waals surface area contributed by atoms with Crippen molar-refractivity contribution in [2.75, 3.05) is 10.6 Å². The topological polar surface area (TPSA) is 99.3 Å². The smallest absolute Gasteiger partial charge is 0.255 e. The SMILES string of the molecule is CC(C)(C)[S@](=O)N[C@H]1CCCc2c(C(=O)Nc3ccc(F)c(F)c3)cccc21.O=C(Nc1ccc(F)c(F)c1)c1cccc2c1CCC[C@@H]2NCl. The number of halogens is 5. The normalized spacial score (nSPS) is 17.3. The lowest BCUT2D eigenvalue weighted by atomic mass is 9.85. The van der Waals surface area contributed by atoms with Gasteiger partial charge >= 0.3 is 0 Å². The van der Waals surface area contributed by atoms with E-state index in [4.69, 9.17) is 11.8 Å². The highest BCUT2D eigenvalue weighted by Gasteiger charge is 2.29. The highest BCUT2D eigenvalue weighted by atomic mass is 35.5. The second-order valence-corrected chi connectivity index (χ2v) is 15.6. The summed E-state index contributed by atoms with van der Waals surface area (Å²) in [5, 5.41) is 5.24. The third kappa shape index (κ3) is 9.23. The Hall–Kier alpha value is -4.10. The van der Waals surface area contributed by atoms with Gasteiger partial charge in [0.25, 0.3) is 11.8 Å². The summed E-state index contributed by atoms with van der Waals surface area (Å²) in [5.74, 6) is -4.64. The van der Waals surface area contributed by atoms with Crippen molar-refractivity contribution in [3.63, 3.8) is 0 Å². The molecule has 6 rings (SSSR count). The highest BCUT2D eigenvalue weighted by Crippen LogP contribution is 2.34. The molecule has 0 spiro atoms. The number of hydrogen-bond acceptors (Lipinski definition) is 4. The molecule has 4 N–H and O–H groups in total. The molecule has 0 aliphatic heterocycles. The molecule has 2 amide bonds. The molecule has 4 aromatic carbocycles. The zero-order valence-electron chi connectivity index (χ0n) is 28.3. The van der Waals surface area contributed by atoms with Gasteiger partial charge in [-0.3, -0.25) is 9.59 Å². The van der Waals surface area contributed by atoms with Gasteiger partial charge in [0.1, 0.15) is 0 Å². The van der Waals surface area contributed by atoms with E-state index in [2.05, 4.69) is 20.2 Å². The van der Waals surface area contributed by atoms with E-state index >= 15 is 0 Å². The second kappa shape index (κ2) is 16.5. The number of fused-ring (bicyclic) bond motifs is 2. The number of amides is 2. The summed E-state index contributed by atoms with van der Waals surface area (Å²) in [6.45, 7) is 5.72. The molecule has 2 aliphatic carbocycles. The van der Waals surface area contributed by atoms with Gasteiger partial charge in [0, 0.05) is 46.7 Å². The van der Waals surface area contributed by atoms with Crippen molar-refractivity contribution in [3.8, 4) is 0 Å². The van der Waals surface area contributed by atoms with Crippen molar-refractivity contribution in [2.24, 2.45) is 0 Å². The van der Waals surface area contributed by atoms with Crippen molar-refractivity contribution in [1.82, 2.24) is 9.56 Å². The fraction of sp³-hybridized carbons (Fsp3) is 0.316. The van der Waals surface area contributed by atoms with Crippen molar-refractivity contribution in [3.05, 3.63) is 129 Å². The van der Waals surface area contributed by atoms with Crippen molar-refractivity contribution >= 4 is 46.0 Å². The van der Waals surface area contributed by atoms with Crippen LogP contribution < -0.4 is 20.2 Å². The fourth-order valence-corrected chi connectivity index (χ4v) is 7.29. The Bertz CT molecular complexity index is 1960. The van der Waals surface area contributed by atoms with E-state index in [1.54, 1.807) is 24.3 Å². The van der Waals surface area contributed by atoms with Crippen LogP contribution in [0.1, 0.15) is 102 Å². The van der Waals surface area contributed by atoms with Gasteiger partial charge in [0.2, 0.25) is 0 Å². The number of rotatable bonds is 7. The molecule has 0 saturated heterocycles. The molecular formula is C38H39ClF4N4O3S. The molecule has 7 nitrogen and oxygen atoms in total.